The zero-order valence-electron chi connectivity index (χ0n) is 9.65. The van der Waals surface area contributed by atoms with E-state index in [1.807, 2.05) is 17.5 Å². The summed E-state index contributed by atoms with van der Waals surface area (Å²) >= 11 is 1.55. The minimum atomic E-state index is -1.09. The first-order chi connectivity index (χ1) is 8.63. The summed E-state index contributed by atoms with van der Waals surface area (Å²) in [6.07, 6.45) is 0. The van der Waals surface area contributed by atoms with Crippen LogP contribution in [-0.4, -0.2) is 7.05 Å². The average molecular weight is 264 g/mol. The minimum Gasteiger partial charge on any atom is -0.367 e. The van der Waals surface area contributed by atoms with Crippen LogP contribution in [0.1, 0.15) is 10.4 Å². The van der Waals surface area contributed by atoms with Crippen LogP contribution in [0.4, 0.5) is 14.5 Å². The summed E-state index contributed by atoms with van der Waals surface area (Å²) in [5.41, 5.74) is -0.124. The number of nitriles is 1. The molecule has 2 aromatic rings. The minimum absolute atomic E-state index is 0.153. The second-order valence-corrected chi connectivity index (χ2v) is 4.84. The van der Waals surface area contributed by atoms with Gasteiger partial charge in [0.1, 0.15) is 6.07 Å². The highest BCUT2D eigenvalue weighted by Gasteiger charge is 2.16. The number of nitrogens with zero attached hydrogens (tertiary/aromatic N) is 2. The van der Waals surface area contributed by atoms with Gasteiger partial charge in [-0.05, 0) is 23.6 Å². The van der Waals surface area contributed by atoms with Crippen LogP contribution in [0.15, 0.2) is 29.6 Å². The van der Waals surface area contributed by atoms with E-state index >= 15 is 0 Å². The number of thiophene rings is 1. The van der Waals surface area contributed by atoms with Crippen molar-refractivity contribution in [1.29, 1.82) is 5.26 Å². The number of rotatable bonds is 3. The van der Waals surface area contributed by atoms with Gasteiger partial charge in [-0.15, -0.1) is 11.3 Å². The van der Waals surface area contributed by atoms with Gasteiger partial charge >= 0.3 is 0 Å². The molecule has 0 bridgehead atoms. The van der Waals surface area contributed by atoms with Crippen molar-refractivity contribution in [3.05, 3.63) is 51.7 Å². The fourth-order valence-electron chi connectivity index (χ4n) is 1.64. The number of halogens is 2. The Morgan fingerprint density at radius 2 is 2.06 bits per heavy atom. The fraction of sp³-hybridized carbons (Fsp3) is 0.154. The molecule has 1 aromatic heterocycles. The van der Waals surface area contributed by atoms with Gasteiger partial charge < -0.3 is 4.90 Å². The topological polar surface area (TPSA) is 27.0 Å². The lowest BCUT2D eigenvalue weighted by Gasteiger charge is -2.19. The number of hydrogen-bond acceptors (Lipinski definition) is 3. The Morgan fingerprint density at radius 3 is 2.67 bits per heavy atom. The summed E-state index contributed by atoms with van der Waals surface area (Å²) in [4.78, 5) is 2.67. The third kappa shape index (κ3) is 2.34. The molecule has 0 aliphatic carbocycles. The van der Waals surface area contributed by atoms with Crippen molar-refractivity contribution in [2.45, 2.75) is 6.54 Å². The third-order valence-electron chi connectivity index (χ3n) is 2.57. The molecule has 0 unspecified atom stereocenters. The fourth-order valence-corrected chi connectivity index (χ4v) is 2.40. The van der Waals surface area contributed by atoms with Crippen molar-refractivity contribution in [3.63, 3.8) is 0 Å². The molecular weight excluding hydrogens is 254 g/mol. The monoisotopic (exact) mass is 264 g/mol. The van der Waals surface area contributed by atoms with Gasteiger partial charge in [0, 0.05) is 11.9 Å². The van der Waals surface area contributed by atoms with E-state index in [9.17, 15) is 8.78 Å². The first-order valence-corrected chi connectivity index (χ1v) is 6.13. The number of benzene rings is 1. The smallest absolute Gasteiger partial charge is 0.183 e. The third-order valence-corrected chi connectivity index (χ3v) is 3.43. The molecule has 0 radical (unpaired) electrons. The van der Waals surface area contributed by atoms with Crippen molar-refractivity contribution >= 4 is 17.0 Å². The highest BCUT2D eigenvalue weighted by atomic mass is 32.1. The Kier molecular flexibility index (Phi) is 3.58. The summed E-state index contributed by atoms with van der Waals surface area (Å²) in [7, 11) is 1.68. The van der Waals surface area contributed by atoms with Crippen LogP contribution in [0.3, 0.4) is 0 Å². The molecule has 0 fully saturated rings. The van der Waals surface area contributed by atoms with E-state index in [-0.39, 0.29) is 11.3 Å². The lowest BCUT2D eigenvalue weighted by atomic mass is 10.2. The molecule has 1 heterocycles. The van der Waals surface area contributed by atoms with E-state index in [1.54, 1.807) is 29.4 Å². The number of anilines is 1. The van der Waals surface area contributed by atoms with Gasteiger partial charge in [0.25, 0.3) is 0 Å². The maximum atomic E-state index is 13.8. The van der Waals surface area contributed by atoms with E-state index in [1.165, 1.54) is 12.1 Å². The molecule has 92 valence electrons. The largest absolute Gasteiger partial charge is 0.367 e. The Balaban J connectivity index is 2.29. The number of hydrogen-bond donors (Lipinski definition) is 0. The van der Waals surface area contributed by atoms with Crippen molar-refractivity contribution in [1.82, 2.24) is 0 Å². The SMILES string of the molecule is CN(Cc1cccs1)c1ccc(C#N)c(F)c1F. The highest BCUT2D eigenvalue weighted by molar-refractivity contribution is 7.09. The van der Waals surface area contributed by atoms with Gasteiger partial charge in [-0.25, -0.2) is 8.78 Å². The van der Waals surface area contributed by atoms with Crippen LogP contribution in [0.5, 0.6) is 0 Å². The molecule has 0 saturated heterocycles. The molecule has 0 amide bonds. The summed E-state index contributed by atoms with van der Waals surface area (Å²) < 4.78 is 27.2. The zero-order valence-corrected chi connectivity index (χ0v) is 10.5. The van der Waals surface area contributed by atoms with Gasteiger partial charge in [-0.1, -0.05) is 6.07 Å². The maximum Gasteiger partial charge on any atom is 0.183 e. The first kappa shape index (κ1) is 12.5. The lowest BCUT2D eigenvalue weighted by molar-refractivity contribution is 0.505. The van der Waals surface area contributed by atoms with Crippen LogP contribution in [0.2, 0.25) is 0 Å². The van der Waals surface area contributed by atoms with Crippen LogP contribution in [-0.2, 0) is 6.54 Å². The van der Waals surface area contributed by atoms with Gasteiger partial charge in [-0.3, -0.25) is 0 Å². The second-order valence-electron chi connectivity index (χ2n) is 3.81. The van der Waals surface area contributed by atoms with E-state index < -0.39 is 11.6 Å². The average Bonchev–Trinajstić information content (AvgIpc) is 2.85. The molecule has 0 spiro atoms. The van der Waals surface area contributed by atoms with Crippen LogP contribution in [0.25, 0.3) is 0 Å². The lowest BCUT2D eigenvalue weighted by Crippen LogP contribution is -2.17. The second kappa shape index (κ2) is 5.15. The Bertz CT molecular complexity index is 588. The molecule has 0 aliphatic heterocycles. The van der Waals surface area contributed by atoms with Crippen molar-refractivity contribution in [2.75, 3.05) is 11.9 Å². The predicted molar refractivity (Wildman–Crippen MR) is 67.5 cm³/mol. The molecule has 0 N–H and O–H groups in total. The van der Waals surface area contributed by atoms with E-state index in [2.05, 4.69) is 0 Å². The zero-order chi connectivity index (χ0) is 13.1. The summed E-state index contributed by atoms with van der Waals surface area (Å²) in [6.45, 7) is 0.500. The van der Waals surface area contributed by atoms with Gasteiger partial charge in [0.05, 0.1) is 17.8 Å². The first-order valence-electron chi connectivity index (χ1n) is 5.25. The molecule has 2 rings (SSSR count). The van der Waals surface area contributed by atoms with E-state index in [0.29, 0.717) is 6.54 Å². The predicted octanol–water partition coefficient (Wildman–Crippen LogP) is 3.53. The molecule has 18 heavy (non-hydrogen) atoms. The Labute approximate surface area is 108 Å². The van der Waals surface area contributed by atoms with Crippen molar-refractivity contribution in [3.8, 4) is 6.07 Å². The van der Waals surface area contributed by atoms with Crippen molar-refractivity contribution in [2.24, 2.45) is 0 Å². The normalized spacial score (nSPS) is 10.1. The quantitative estimate of drug-likeness (QED) is 0.848. The summed E-state index contributed by atoms with van der Waals surface area (Å²) in [5.74, 6) is -2.07. The van der Waals surface area contributed by atoms with Crippen LogP contribution in [0, 0.1) is 23.0 Å². The summed E-state index contributed by atoms with van der Waals surface area (Å²) in [5, 5.41) is 10.5. The molecular formula is C13H10F2N2S. The molecule has 0 aliphatic rings. The van der Waals surface area contributed by atoms with Gasteiger partial charge in [0.2, 0.25) is 0 Å². The summed E-state index contributed by atoms with van der Waals surface area (Å²) in [6, 6.07) is 8.16. The van der Waals surface area contributed by atoms with Gasteiger partial charge in [-0.2, -0.15) is 5.26 Å². The van der Waals surface area contributed by atoms with E-state index in [4.69, 9.17) is 5.26 Å². The Morgan fingerprint density at radius 1 is 1.28 bits per heavy atom. The molecule has 5 heteroatoms. The highest BCUT2D eigenvalue weighted by Crippen LogP contribution is 2.25. The molecule has 1 aromatic carbocycles. The Hall–Kier alpha value is -1.93. The standard InChI is InChI=1S/C13H10F2N2S/c1-17(8-10-3-2-6-18-10)11-5-4-9(7-16)12(14)13(11)15/h2-6H,8H2,1H3. The molecule has 0 saturated carbocycles. The maximum absolute atomic E-state index is 13.8. The van der Waals surface area contributed by atoms with Crippen LogP contribution >= 0.6 is 11.3 Å². The molecule has 0 atom stereocenters. The van der Waals surface area contributed by atoms with Crippen LogP contribution < -0.4 is 4.90 Å². The van der Waals surface area contributed by atoms with E-state index in [0.717, 1.165) is 4.88 Å². The molecule has 2 nitrogen and oxygen atoms in total. The van der Waals surface area contributed by atoms with Gasteiger partial charge in [0.15, 0.2) is 11.6 Å². The van der Waals surface area contributed by atoms with Crippen molar-refractivity contribution < 1.29 is 8.78 Å².